The van der Waals surface area contributed by atoms with E-state index in [1.54, 1.807) is 7.11 Å². The lowest BCUT2D eigenvalue weighted by molar-refractivity contribution is 0.415. The molecule has 0 fully saturated rings. The van der Waals surface area contributed by atoms with Crippen molar-refractivity contribution in [3.8, 4) is 5.75 Å². The van der Waals surface area contributed by atoms with Gasteiger partial charge in [0.05, 0.1) is 24.2 Å². The Labute approximate surface area is 83.3 Å². The highest BCUT2D eigenvalue weighted by Gasteiger charge is 2.09. The van der Waals surface area contributed by atoms with Gasteiger partial charge in [0, 0.05) is 7.05 Å². The Morgan fingerprint density at radius 3 is 2.86 bits per heavy atom. The normalized spacial score (nSPS) is 10.8. The van der Waals surface area contributed by atoms with Gasteiger partial charge in [-0.25, -0.2) is 0 Å². The summed E-state index contributed by atoms with van der Waals surface area (Å²) in [6.45, 7) is 2.13. The second-order valence-corrected chi connectivity index (χ2v) is 3.31. The molecule has 0 N–H and O–H groups in total. The Balaban J connectivity index is 2.77. The van der Waals surface area contributed by atoms with Crippen LogP contribution in [0.25, 0.3) is 10.9 Å². The first-order valence-electron chi connectivity index (χ1n) is 4.75. The monoisotopic (exact) mass is 190 g/mol. The van der Waals surface area contributed by atoms with Crippen LogP contribution in [-0.4, -0.2) is 16.9 Å². The van der Waals surface area contributed by atoms with Crippen molar-refractivity contribution < 1.29 is 4.74 Å². The molecule has 0 unspecified atom stereocenters. The number of aryl methyl sites for hydroxylation is 2. The molecular weight excluding hydrogens is 176 g/mol. The summed E-state index contributed by atoms with van der Waals surface area (Å²) in [4.78, 5) is 0. The van der Waals surface area contributed by atoms with E-state index in [1.807, 2.05) is 17.9 Å². The number of hydrogen-bond acceptors (Lipinski definition) is 2. The van der Waals surface area contributed by atoms with Crippen molar-refractivity contribution in [2.45, 2.75) is 13.3 Å². The van der Waals surface area contributed by atoms with Gasteiger partial charge in [-0.1, -0.05) is 13.0 Å². The van der Waals surface area contributed by atoms with Gasteiger partial charge in [0.15, 0.2) is 0 Å². The summed E-state index contributed by atoms with van der Waals surface area (Å²) in [6, 6.07) is 4.19. The van der Waals surface area contributed by atoms with Gasteiger partial charge in [0.1, 0.15) is 5.75 Å². The first kappa shape index (κ1) is 9.06. The lowest BCUT2D eigenvalue weighted by atomic mass is 10.1. The van der Waals surface area contributed by atoms with Gasteiger partial charge in [-0.15, -0.1) is 0 Å². The highest BCUT2D eigenvalue weighted by molar-refractivity contribution is 5.86. The zero-order valence-corrected chi connectivity index (χ0v) is 8.74. The molecule has 1 aromatic carbocycles. The summed E-state index contributed by atoms with van der Waals surface area (Å²) < 4.78 is 7.27. The standard InChI is InChI=1S/C11H14N2O/c1-4-8-5-6-10-9(11(8)14-3)7-12-13(10)2/h5-7H,4H2,1-3H3. The number of ether oxygens (including phenoxy) is 1. The van der Waals surface area contributed by atoms with Crippen molar-refractivity contribution >= 4 is 10.9 Å². The second kappa shape index (κ2) is 3.33. The fourth-order valence-corrected chi connectivity index (χ4v) is 1.77. The molecule has 0 aliphatic carbocycles. The summed E-state index contributed by atoms with van der Waals surface area (Å²) in [5.41, 5.74) is 2.34. The van der Waals surface area contributed by atoms with Gasteiger partial charge < -0.3 is 4.74 Å². The molecule has 74 valence electrons. The third-order valence-corrected chi connectivity index (χ3v) is 2.55. The highest BCUT2D eigenvalue weighted by Crippen LogP contribution is 2.29. The van der Waals surface area contributed by atoms with Crippen molar-refractivity contribution in [3.63, 3.8) is 0 Å². The van der Waals surface area contributed by atoms with Crippen molar-refractivity contribution in [1.82, 2.24) is 9.78 Å². The van der Waals surface area contributed by atoms with Crippen LogP contribution in [0.3, 0.4) is 0 Å². The predicted molar refractivity (Wildman–Crippen MR) is 56.6 cm³/mol. The van der Waals surface area contributed by atoms with Gasteiger partial charge in [-0.05, 0) is 18.1 Å². The Hall–Kier alpha value is -1.51. The van der Waals surface area contributed by atoms with Crippen LogP contribution in [0.2, 0.25) is 0 Å². The summed E-state index contributed by atoms with van der Waals surface area (Å²) in [6.07, 6.45) is 2.83. The maximum atomic E-state index is 5.41. The Morgan fingerprint density at radius 2 is 2.21 bits per heavy atom. The number of benzene rings is 1. The third kappa shape index (κ3) is 1.16. The molecule has 3 nitrogen and oxygen atoms in total. The number of fused-ring (bicyclic) bond motifs is 1. The smallest absolute Gasteiger partial charge is 0.133 e. The van der Waals surface area contributed by atoms with E-state index < -0.39 is 0 Å². The predicted octanol–water partition coefficient (Wildman–Crippen LogP) is 2.14. The quantitative estimate of drug-likeness (QED) is 0.725. The molecule has 1 heterocycles. The molecule has 0 aliphatic heterocycles. The van der Waals surface area contributed by atoms with Crippen LogP contribution in [0.1, 0.15) is 12.5 Å². The number of aromatic nitrogens is 2. The van der Waals surface area contributed by atoms with Crippen molar-refractivity contribution in [3.05, 3.63) is 23.9 Å². The molecule has 1 aromatic heterocycles. The van der Waals surface area contributed by atoms with E-state index in [9.17, 15) is 0 Å². The molecule has 0 atom stereocenters. The number of rotatable bonds is 2. The van der Waals surface area contributed by atoms with Crippen LogP contribution < -0.4 is 4.74 Å². The van der Waals surface area contributed by atoms with Gasteiger partial charge in [0.25, 0.3) is 0 Å². The Kier molecular flexibility index (Phi) is 2.15. The zero-order valence-electron chi connectivity index (χ0n) is 8.74. The second-order valence-electron chi connectivity index (χ2n) is 3.31. The molecule has 0 radical (unpaired) electrons. The minimum atomic E-state index is 0.957. The van der Waals surface area contributed by atoms with Crippen molar-refractivity contribution in [1.29, 1.82) is 0 Å². The molecule has 14 heavy (non-hydrogen) atoms. The zero-order chi connectivity index (χ0) is 10.1. The van der Waals surface area contributed by atoms with E-state index in [1.165, 1.54) is 5.56 Å². The summed E-state index contributed by atoms with van der Waals surface area (Å²) in [5.74, 6) is 0.957. The van der Waals surface area contributed by atoms with Crippen LogP contribution in [0, 0.1) is 0 Å². The molecule has 0 spiro atoms. The van der Waals surface area contributed by atoms with Crippen LogP contribution in [-0.2, 0) is 13.5 Å². The van der Waals surface area contributed by atoms with Crippen LogP contribution in [0.5, 0.6) is 5.75 Å². The average molecular weight is 190 g/mol. The van der Waals surface area contributed by atoms with Crippen LogP contribution >= 0.6 is 0 Å². The van der Waals surface area contributed by atoms with E-state index in [0.29, 0.717) is 0 Å². The van der Waals surface area contributed by atoms with E-state index in [4.69, 9.17) is 4.74 Å². The van der Waals surface area contributed by atoms with E-state index >= 15 is 0 Å². The lowest BCUT2D eigenvalue weighted by Crippen LogP contribution is -1.93. The van der Waals surface area contributed by atoms with E-state index in [0.717, 1.165) is 23.1 Å². The molecule has 3 heteroatoms. The molecular formula is C11H14N2O. The third-order valence-electron chi connectivity index (χ3n) is 2.55. The summed E-state index contributed by atoms with van der Waals surface area (Å²) in [5, 5.41) is 5.31. The first-order chi connectivity index (χ1) is 6.77. The number of methoxy groups -OCH3 is 1. The fraction of sp³-hybridized carbons (Fsp3) is 0.364. The van der Waals surface area contributed by atoms with Crippen molar-refractivity contribution in [2.75, 3.05) is 7.11 Å². The SMILES string of the molecule is CCc1ccc2c(cnn2C)c1OC. The molecule has 0 aliphatic rings. The van der Waals surface area contributed by atoms with E-state index in [2.05, 4.69) is 24.2 Å². The van der Waals surface area contributed by atoms with Crippen LogP contribution in [0.4, 0.5) is 0 Å². The molecule has 0 saturated carbocycles. The Bertz CT molecular complexity index is 460. The number of nitrogens with zero attached hydrogens (tertiary/aromatic N) is 2. The minimum Gasteiger partial charge on any atom is -0.496 e. The van der Waals surface area contributed by atoms with Gasteiger partial charge in [-0.3, -0.25) is 4.68 Å². The summed E-state index contributed by atoms with van der Waals surface area (Å²) in [7, 11) is 3.65. The molecule has 0 amide bonds. The maximum Gasteiger partial charge on any atom is 0.133 e. The molecule has 0 bridgehead atoms. The molecule has 2 aromatic rings. The maximum absolute atomic E-state index is 5.41. The lowest BCUT2D eigenvalue weighted by Gasteiger charge is -2.07. The average Bonchev–Trinajstić information content (AvgIpc) is 2.59. The Morgan fingerprint density at radius 1 is 1.43 bits per heavy atom. The largest absolute Gasteiger partial charge is 0.496 e. The van der Waals surface area contributed by atoms with E-state index in [-0.39, 0.29) is 0 Å². The highest BCUT2D eigenvalue weighted by atomic mass is 16.5. The summed E-state index contributed by atoms with van der Waals surface area (Å²) >= 11 is 0. The van der Waals surface area contributed by atoms with Gasteiger partial charge in [-0.2, -0.15) is 5.10 Å². The first-order valence-corrected chi connectivity index (χ1v) is 4.75. The van der Waals surface area contributed by atoms with Crippen molar-refractivity contribution in [2.24, 2.45) is 7.05 Å². The van der Waals surface area contributed by atoms with Crippen LogP contribution in [0.15, 0.2) is 18.3 Å². The topological polar surface area (TPSA) is 27.1 Å². The molecule has 0 saturated heterocycles. The van der Waals surface area contributed by atoms with Gasteiger partial charge in [0.2, 0.25) is 0 Å². The minimum absolute atomic E-state index is 0.957. The number of hydrogen-bond donors (Lipinski definition) is 0. The van der Waals surface area contributed by atoms with Gasteiger partial charge >= 0.3 is 0 Å². The molecule has 2 rings (SSSR count). The fourth-order valence-electron chi connectivity index (χ4n) is 1.77.